The first kappa shape index (κ1) is 22.3. The van der Waals surface area contributed by atoms with Crippen molar-refractivity contribution >= 4 is 29.3 Å². The maximum absolute atomic E-state index is 13.0. The normalized spacial score (nSPS) is 10.7. The SMILES string of the molecule is Cc1ccccc1-n1nnnc1SCC(=O)N(C)c1ccccc1C(=O)NCc1ccco1. The van der Waals surface area contributed by atoms with Crippen molar-refractivity contribution < 1.29 is 14.0 Å². The third kappa shape index (κ3) is 5.12. The highest BCUT2D eigenvalue weighted by atomic mass is 32.2. The molecule has 0 fully saturated rings. The van der Waals surface area contributed by atoms with Crippen LogP contribution in [0.5, 0.6) is 0 Å². The quantitative estimate of drug-likeness (QED) is 0.401. The summed E-state index contributed by atoms with van der Waals surface area (Å²) in [7, 11) is 1.64. The third-order valence-corrected chi connectivity index (χ3v) is 5.90. The smallest absolute Gasteiger partial charge is 0.253 e. The van der Waals surface area contributed by atoms with Gasteiger partial charge in [-0.2, -0.15) is 4.68 Å². The molecule has 4 rings (SSSR count). The Kier molecular flexibility index (Phi) is 6.84. The molecular weight excluding hydrogens is 440 g/mol. The molecule has 0 aliphatic carbocycles. The van der Waals surface area contributed by atoms with Crippen LogP contribution in [-0.4, -0.2) is 44.8 Å². The monoisotopic (exact) mass is 462 g/mol. The van der Waals surface area contributed by atoms with Crippen molar-refractivity contribution in [1.82, 2.24) is 25.5 Å². The van der Waals surface area contributed by atoms with E-state index in [9.17, 15) is 9.59 Å². The average molecular weight is 463 g/mol. The van der Waals surface area contributed by atoms with Crippen LogP contribution in [0.2, 0.25) is 0 Å². The molecule has 0 radical (unpaired) electrons. The Morgan fingerprint density at radius 2 is 1.88 bits per heavy atom. The summed E-state index contributed by atoms with van der Waals surface area (Å²) in [6, 6.07) is 18.2. The zero-order valence-electron chi connectivity index (χ0n) is 18.1. The summed E-state index contributed by atoms with van der Waals surface area (Å²) >= 11 is 1.23. The summed E-state index contributed by atoms with van der Waals surface area (Å²) in [5.41, 5.74) is 2.78. The van der Waals surface area contributed by atoms with Gasteiger partial charge >= 0.3 is 0 Å². The zero-order valence-corrected chi connectivity index (χ0v) is 19.0. The topological polar surface area (TPSA) is 106 Å². The standard InChI is InChI=1S/C23H22N6O3S/c1-16-8-3-5-11-19(16)29-23(25-26-27-29)33-15-21(30)28(2)20-12-6-4-10-18(20)22(31)24-14-17-9-7-13-32-17/h3-13H,14-15H2,1-2H3,(H,24,31). The molecule has 4 aromatic rings. The van der Waals surface area contributed by atoms with Crippen LogP contribution in [0.4, 0.5) is 5.69 Å². The Balaban J connectivity index is 1.44. The predicted molar refractivity (Wildman–Crippen MR) is 124 cm³/mol. The van der Waals surface area contributed by atoms with Crippen molar-refractivity contribution in [1.29, 1.82) is 0 Å². The number of thioether (sulfide) groups is 1. The largest absolute Gasteiger partial charge is 0.467 e. The number of aryl methyl sites for hydroxylation is 1. The number of anilines is 1. The molecule has 2 aromatic carbocycles. The molecule has 2 heterocycles. The lowest BCUT2D eigenvalue weighted by Gasteiger charge is -2.20. The number of nitrogens with one attached hydrogen (secondary N) is 1. The Hall–Kier alpha value is -3.92. The Bertz CT molecular complexity index is 1250. The fourth-order valence-electron chi connectivity index (χ4n) is 3.21. The highest BCUT2D eigenvalue weighted by Crippen LogP contribution is 2.23. The van der Waals surface area contributed by atoms with E-state index in [2.05, 4.69) is 20.8 Å². The van der Waals surface area contributed by atoms with E-state index in [4.69, 9.17) is 4.42 Å². The van der Waals surface area contributed by atoms with Crippen molar-refractivity contribution in [3.8, 4) is 5.69 Å². The minimum absolute atomic E-state index is 0.102. The molecule has 9 nitrogen and oxygen atoms in total. The predicted octanol–water partition coefficient (Wildman–Crippen LogP) is 3.25. The molecule has 2 amide bonds. The third-order valence-electron chi connectivity index (χ3n) is 5.00. The van der Waals surface area contributed by atoms with Gasteiger partial charge in [0.25, 0.3) is 5.91 Å². The molecule has 168 valence electrons. The fraction of sp³-hybridized carbons (Fsp3) is 0.174. The molecule has 2 aromatic heterocycles. The fourth-order valence-corrected chi connectivity index (χ4v) is 4.01. The van der Waals surface area contributed by atoms with Gasteiger partial charge in [-0.1, -0.05) is 42.1 Å². The second-order valence-corrected chi connectivity index (χ2v) is 8.12. The maximum atomic E-state index is 13.0. The molecule has 0 spiro atoms. The number of aromatic nitrogens is 4. The number of tetrazole rings is 1. The average Bonchev–Trinajstić information content (AvgIpc) is 3.53. The summed E-state index contributed by atoms with van der Waals surface area (Å²) in [5.74, 6) is 0.266. The number of carbonyl (C=O) groups excluding carboxylic acids is 2. The van der Waals surface area contributed by atoms with E-state index in [1.54, 1.807) is 54.4 Å². The van der Waals surface area contributed by atoms with Crippen LogP contribution in [0, 0.1) is 6.92 Å². The number of para-hydroxylation sites is 2. The Labute approximate surface area is 194 Å². The number of benzene rings is 2. The van der Waals surface area contributed by atoms with Gasteiger partial charge in [0, 0.05) is 7.05 Å². The summed E-state index contributed by atoms with van der Waals surface area (Å²) < 4.78 is 6.87. The number of amides is 2. The van der Waals surface area contributed by atoms with Crippen molar-refractivity contribution in [2.24, 2.45) is 0 Å². The Morgan fingerprint density at radius 1 is 1.09 bits per heavy atom. The molecule has 1 N–H and O–H groups in total. The van der Waals surface area contributed by atoms with Gasteiger partial charge in [0.2, 0.25) is 11.1 Å². The molecule has 0 aliphatic rings. The molecule has 0 saturated heterocycles. The molecule has 0 bridgehead atoms. The van der Waals surface area contributed by atoms with Gasteiger partial charge in [0.1, 0.15) is 5.76 Å². The van der Waals surface area contributed by atoms with Crippen LogP contribution in [0.3, 0.4) is 0 Å². The Morgan fingerprint density at radius 3 is 2.67 bits per heavy atom. The van der Waals surface area contributed by atoms with Gasteiger partial charge in [0.05, 0.1) is 35.5 Å². The molecule has 0 saturated carbocycles. The lowest BCUT2D eigenvalue weighted by molar-refractivity contribution is -0.115. The van der Waals surface area contributed by atoms with Crippen LogP contribution in [0.25, 0.3) is 5.69 Å². The van der Waals surface area contributed by atoms with E-state index < -0.39 is 0 Å². The maximum Gasteiger partial charge on any atom is 0.253 e. The summed E-state index contributed by atoms with van der Waals surface area (Å²) in [4.78, 5) is 27.2. The van der Waals surface area contributed by atoms with Crippen molar-refractivity contribution in [3.05, 3.63) is 83.8 Å². The van der Waals surface area contributed by atoms with Crippen LogP contribution in [0.15, 0.2) is 76.5 Å². The molecule has 33 heavy (non-hydrogen) atoms. The molecular formula is C23H22N6O3S. The number of rotatable bonds is 8. The highest BCUT2D eigenvalue weighted by Gasteiger charge is 2.20. The van der Waals surface area contributed by atoms with Gasteiger partial charge in [-0.3, -0.25) is 9.59 Å². The van der Waals surface area contributed by atoms with Gasteiger partial charge in [-0.05, 0) is 53.2 Å². The molecule has 0 unspecified atom stereocenters. The zero-order chi connectivity index (χ0) is 23.2. The van der Waals surface area contributed by atoms with Crippen LogP contribution >= 0.6 is 11.8 Å². The first-order valence-corrected chi connectivity index (χ1v) is 11.2. The van der Waals surface area contributed by atoms with Gasteiger partial charge in [-0.15, -0.1) is 5.10 Å². The van der Waals surface area contributed by atoms with E-state index >= 15 is 0 Å². The minimum atomic E-state index is -0.294. The van der Waals surface area contributed by atoms with Gasteiger partial charge < -0.3 is 14.6 Å². The number of carbonyl (C=O) groups is 2. The van der Waals surface area contributed by atoms with E-state index in [1.807, 2.05) is 31.2 Å². The van der Waals surface area contributed by atoms with E-state index in [-0.39, 0.29) is 24.1 Å². The number of nitrogens with zero attached hydrogens (tertiary/aromatic N) is 5. The van der Waals surface area contributed by atoms with Crippen LogP contribution < -0.4 is 10.2 Å². The minimum Gasteiger partial charge on any atom is -0.467 e. The second kappa shape index (κ2) is 10.1. The van der Waals surface area contributed by atoms with Gasteiger partial charge in [-0.25, -0.2) is 0 Å². The number of hydrogen-bond donors (Lipinski definition) is 1. The summed E-state index contributed by atoms with van der Waals surface area (Å²) in [5, 5.41) is 15.2. The summed E-state index contributed by atoms with van der Waals surface area (Å²) in [6.45, 7) is 2.23. The lowest BCUT2D eigenvalue weighted by Crippen LogP contribution is -2.31. The van der Waals surface area contributed by atoms with E-state index in [0.717, 1.165) is 11.3 Å². The first-order valence-electron chi connectivity index (χ1n) is 10.2. The van der Waals surface area contributed by atoms with E-state index in [1.165, 1.54) is 16.7 Å². The van der Waals surface area contributed by atoms with Crippen LogP contribution in [0.1, 0.15) is 21.7 Å². The van der Waals surface area contributed by atoms with Crippen molar-refractivity contribution in [3.63, 3.8) is 0 Å². The summed E-state index contributed by atoms with van der Waals surface area (Å²) in [6.07, 6.45) is 1.55. The van der Waals surface area contributed by atoms with Crippen LogP contribution in [-0.2, 0) is 11.3 Å². The van der Waals surface area contributed by atoms with Gasteiger partial charge in [0.15, 0.2) is 0 Å². The van der Waals surface area contributed by atoms with E-state index in [0.29, 0.717) is 22.2 Å². The molecule has 0 aliphatic heterocycles. The first-order chi connectivity index (χ1) is 16.0. The lowest BCUT2D eigenvalue weighted by atomic mass is 10.1. The number of furan rings is 1. The number of hydrogen-bond acceptors (Lipinski definition) is 7. The molecule has 10 heteroatoms. The molecule has 0 atom stereocenters. The van der Waals surface area contributed by atoms with Crippen molar-refractivity contribution in [2.45, 2.75) is 18.6 Å². The highest BCUT2D eigenvalue weighted by molar-refractivity contribution is 7.99. The van der Waals surface area contributed by atoms with Crippen molar-refractivity contribution in [2.75, 3.05) is 17.7 Å². The second-order valence-electron chi connectivity index (χ2n) is 7.18.